The lowest BCUT2D eigenvalue weighted by atomic mass is 10.3. The molecule has 2 heterocycles. The normalized spacial score (nSPS) is 15.7. The number of thiazole rings is 1. The molecule has 1 saturated heterocycles. The van der Waals surface area contributed by atoms with Gasteiger partial charge in [-0.3, -0.25) is 4.99 Å². The summed E-state index contributed by atoms with van der Waals surface area (Å²) in [6.45, 7) is 7.89. The van der Waals surface area contributed by atoms with Crippen molar-refractivity contribution in [1.82, 2.24) is 20.1 Å². The first-order valence-corrected chi connectivity index (χ1v) is 8.80. The van der Waals surface area contributed by atoms with Crippen molar-refractivity contribution in [3.8, 4) is 0 Å². The van der Waals surface area contributed by atoms with Gasteiger partial charge in [-0.05, 0) is 13.8 Å². The smallest absolute Gasteiger partial charge is 0.409 e. The third kappa shape index (κ3) is 5.09. The zero-order chi connectivity index (χ0) is 16.7. The number of aryl methyl sites for hydroxylation is 1. The van der Waals surface area contributed by atoms with Crippen LogP contribution in [0.25, 0.3) is 0 Å². The minimum Gasteiger partial charge on any atom is -0.450 e. The second kappa shape index (κ2) is 8.71. The molecule has 1 aromatic heterocycles. The van der Waals surface area contributed by atoms with Gasteiger partial charge in [0.1, 0.15) is 0 Å². The van der Waals surface area contributed by atoms with Gasteiger partial charge in [0.25, 0.3) is 0 Å². The summed E-state index contributed by atoms with van der Waals surface area (Å²) in [5, 5.41) is 6.56. The monoisotopic (exact) mass is 339 g/mol. The highest BCUT2D eigenvalue weighted by atomic mass is 32.1. The van der Waals surface area contributed by atoms with E-state index in [0.717, 1.165) is 42.7 Å². The number of nitrogens with zero attached hydrogens (tertiary/aromatic N) is 4. The number of amides is 1. The lowest BCUT2D eigenvalue weighted by Gasteiger charge is -2.35. The van der Waals surface area contributed by atoms with Crippen LogP contribution < -0.4 is 5.32 Å². The molecular weight excluding hydrogens is 314 g/mol. The van der Waals surface area contributed by atoms with Crippen LogP contribution in [0, 0.1) is 6.92 Å². The fourth-order valence-corrected chi connectivity index (χ4v) is 3.12. The quantitative estimate of drug-likeness (QED) is 0.662. The molecule has 7 nitrogen and oxygen atoms in total. The highest BCUT2D eigenvalue weighted by Crippen LogP contribution is 2.08. The van der Waals surface area contributed by atoms with E-state index >= 15 is 0 Å². The number of carbonyl (C=O) groups excluding carboxylic acids is 1. The minimum atomic E-state index is -0.228. The second-order valence-corrected chi connectivity index (χ2v) is 6.32. The molecular formula is C15H25N5O2S. The number of piperazine rings is 1. The van der Waals surface area contributed by atoms with Crippen LogP contribution >= 0.6 is 11.3 Å². The molecule has 1 fully saturated rings. The second-order valence-electron chi connectivity index (χ2n) is 5.25. The number of hydrogen-bond donors (Lipinski definition) is 1. The first kappa shape index (κ1) is 17.5. The molecule has 1 aromatic rings. The Labute approximate surface area is 141 Å². The summed E-state index contributed by atoms with van der Waals surface area (Å²) in [5.41, 5.74) is 1.11. The summed E-state index contributed by atoms with van der Waals surface area (Å²) in [5.74, 6) is 0.875. The molecule has 1 aliphatic rings. The van der Waals surface area contributed by atoms with Gasteiger partial charge in [0.15, 0.2) is 5.96 Å². The lowest BCUT2D eigenvalue weighted by Crippen LogP contribution is -2.54. The standard InChI is InChI=1S/C15H25N5O2S/c1-4-22-15(21)20-9-7-19(8-10-20)14(16-3)17-6-5-13-11-23-12(2)18-13/h11H,4-10H2,1-3H3,(H,16,17). The lowest BCUT2D eigenvalue weighted by molar-refractivity contribution is 0.0915. The van der Waals surface area contributed by atoms with Crippen molar-refractivity contribution in [2.75, 3.05) is 46.4 Å². The summed E-state index contributed by atoms with van der Waals surface area (Å²) in [6, 6.07) is 0. The maximum absolute atomic E-state index is 11.7. The van der Waals surface area contributed by atoms with E-state index in [2.05, 4.69) is 25.6 Å². The Morgan fingerprint density at radius 2 is 2.09 bits per heavy atom. The van der Waals surface area contributed by atoms with Crippen molar-refractivity contribution in [2.24, 2.45) is 4.99 Å². The van der Waals surface area contributed by atoms with Gasteiger partial charge in [-0.15, -0.1) is 11.3 Å². The average molecular weight is 339 g/mol. The Morgan fingerprint density at radius 1 is 1.39 bits per heavy atom. The molecule has 2 rings (SSSR count). The number of ether oxygens (including phenoxy) is 1. The van der Waals surface area contributed by atoms with E-state index < -0.39 is 0 Å². The predicted molar refractivity (Wildman–Crippen MR) is 92.1 cm³/mol. The van der Waals surface area contributed by atoms with Gasteiger partial charge < -0.3 is 19.9 Å². The number of nitrogens with one attached hydrogen (secondary N) is 1. The molecule has 0 aromatic carbocycles. The number of guanidine groups is 1. The van der Waals surface area contributed by atoms with Crippen LogP contribution in [0.1, 0.15) is 17.6 Å². The largest absolute Gasteiger partial charge is 0.450 e. The average Bonchev–Trinajstić information content (AvgIpc) is 2.97. The van der Waals surface area contributed by atoms with Gasteiger partial charge in [-0.2, -0.15) is 0 Å². The van der Waals surface area contributed by atoms with Gasteiger partial charge in [0.2, 0.25) is 0 Å². The van der Waals surface area contributed by atoms with E-state index in [0.29, 0.717) is 19.7 Å². The summed E-state index contributed by atoms with van der Waals surface area (Å²) in [4.78, 5) is 24.4. The Kier molecular flexibility index (Phi) is 6.64. The molecule has 0 unspecified atom stereocenters. The molecule has 0 saturated carbocycles. The van der Waals surface area contributed by atoms with E-state index in [9.17, 15) is 4.79 Å². The third-order valence-corrected chi connectivity index (χ3v) is 4.47. The van der Waals surface area contributed by atoms with E-state index in [4.69, 9.17) is 4.74 Å². The summed E-state index contributed by atoms with van der Waals surface area (Å²) >= 11 is 1.68. The van der Waals surface area contributed by atoms with Gasteiger partial charge >= 0.3 is 6.09 Å². The van der Waals surface area contributed by atoms with Crippen LogP contribution in [0.3, 0.4) is 0 Å². The van der Waals surface area contributed by atoms with E-state index in [1.165, 1.54) is 0 Å². The minimum absolute atomic E-state index is 0.228. The molecule has 0 bridgehead atoms. The van der Waals surface area contributed by atoms with E-state index in [1.54, 1.807) is 23.3 Å². The van der Waals surface area contributed by atoms with Crippen LogP contribution in [-0.4, -0.2) is 73.2 Å². The predicted octanol–water partition coefficient (Wildman–Crippen LogP) is 1.34. The zero-order valence-corrected chi connectivity index (χ0v) is 14.9. The van der Waals surface area contributed by atoms with Crippen LogP contribution in [0.2, 0.25) is 0 Å². The molecule has 1 aliphatic heterocycles. The van der Waals surface area contributed by atoms with Gasteiger partial charge in [-0.1, -0.05) is 0 Å². The molecule has 0 aliphatic carbocycles. The van der Waals surface area contributed by atoms with Crippen LogP contribution in [-0.2, 0) is 11.2 Å². The first-order valence-electron chi connectivity index (χ1n) is 7.92. The fraction of sp³-hybridized carbons (Fsp3) is 0.667. The maximum Gasteiger partial charge on any atom is 0.409 e. The van der Waals surface area contributed by atoms with Gasteiger partial charge in [0.05, 0.1) is 17.3 Å². The summed E-state index contributed by atoms with van der Waals surface area (Å²) < 4.78 is 5.04. The Hall–Kier alpha value is -1.83. The number of rotatable bonds is 4. The van der Waals surface area contributed by atoms with Gasteiger partial charge in [-0.25, -0.2) is 9.78 Å². The van der Waals surface area contributed by atoms with Crippen molar-refractivity contribution < 1.29 is 9.53 Å². The molecule has 1 N–H and O–H groups in total. The highest BCUT2D eigenvalue weighted by Gasteiger charge is 2.23. The molecule has 8 heteroatoms. The van der Waals surface area contributed by atoms with Crippen molar-refractivity contribution >= 4 is 23.4 Å². The molecule has 0 atom stereocenters. The van der Waals surface area contributed by atoms with Crippen molar-refractivity contribution in [3.63, 3.8) is 0 Å². The molecule has 0 radical (unpaired) electrons. The number of hydrogen-bond acceptors (Lipinski definition) is 5. The fourth-order valence-electron chi connectivity index (χ4n) is 2.47. The van der Waals surface area contributed by atoms with Crippen LogP contribution in [0.4, 0.5) is 4.79 Å². The van der Waals surface area contributed by atoms with Crippen molar-refractivity contribution in [1.29, 1.82) is 0 Å². The van der Waals surface area contributed by atoms with Crippen molar-refractivity contribution in [2.45, 2.75) is 20.3 Å². The number of carbonyl (C=O) groups is 1. The zero-order valence-electron chi connectivity index (χ0n) is 14.0. The Morgan fingerprint density at radius 3 is 2.65 bits per heavy atom. The Balaban J connectivity index is 1.75. The highest BCUT2D eigenvalue weighted by molar-refractivity contribution is 7.09. The maximum atomic E-state index is 11.7. The van der Waals surface area contributed by atoms with Gasteiger partial charge in [0, 0.05) is 51.6 Å². The topological polar surface area (TPSA) is 70.1 Å². The van der Waals surface area contributed by atoms with E-state index in [1.807, 2.05) is 13.8 Å². The third-order valence-electron chi connectivity index (χ3n) is 3.65. The number of aliphatic imine (C=N–C) groups is 1. The van der Waals surface area contributed by atoms with Crippen LogP contribution in [0.15, 0.2) is 10.4 Å². The van der Waals surface area contributed by atoms with Crippen LogP contribution in [0.5, 0.6) is 0 Å². The summed E-state index contributed by atoms with van der Waals surface area (Å²) in [6.07, 6.45) is 0.653. The molecule has 0 spiro atoms. The SMILES string of the molecule is CCOC(=O)N1CCN(C(=NC)NCCc2csc(C)n2)CC1. The first-order chi connectivity index (χ1) is 11.1. The molecule has 128 valence electrons. The Bertz CT molecular complexity index is 538. The molecule has 23 heavy (non-hydrogen) atoms. The summed E-state index contributed by atoms with van der Waals surface area (Å²) in [7, 11) is 1.78. The van der Waals surface area contributed by atoms with Crippen molar-refractivity contribution in [3.05, 3.63) is 16.1 Å². The number of aromatic nitrogens is 1. The molecule has 1 amide bonds. The van der Waals surface area contributed by atoms with E-state index in [-0.39, 0.29) is 6.09 Å².